The first-order valence-corrected chi connectivity index (χ1v) is 7.66. The first-order chi connectivity index (χ1) is 11.1. The van der Waals surface area contributed by atoms with E-state index in [-0.39, 0.29) is 5.91 Å². The van der Waals surface area contributed by atoms with Gasteiger partial charge in [0.25, 0.3) is 0 Å². The van der Waals surface area contributed by atoms with Crippen molar-refractivity contribution in [2.45, 2.75) is 13.5 Å². The fourth-order valence-electron chi connectivity index (χ4n) is 2.46. The summed E-state index contributed by atoms with van der Waals surface area (Å²) < 4.78 is 1.89. The first kappa shape index (κ1) is 15.3. The molecule has 0 bridgehead atoms. The van der Waals surface area contributed by atoms with Gasteiger partial charge in [-0.1, -0.05) is 0 Å². The van der Waals surface area contributed by atoms with Gasteiger partial charge in [0.05, 0.1) is 19.3 Å². The molecule has 0 aromatic carbocycles. The SMILES string of the molecule is Cc1cnn(CCNc2cc(N3CCN(C)C(=O)C3)ncn2)c1. The molecule has 0 spiro atoms. The Kier molecular flexibility index (Phi) is 4.40. The minimum atomic E-state index is 0.110. The molecule has 1 aliphatic rings. The molecule has 3 rings (SSSR count). The smallest absolute Gasteiger partial charge is 0.241 e. The zero-order valence-corrected chi connectivity index (χ0v) is 13.4. The highest BCUT2D eigenvalue weighted by molar-refractivity contribution is 5.82. The fourth-order valence-corrected chi connectivity index (χ4v) is 2.46. The standard InChI is InChI=1S/C15H21N7O/c1-12-8-19-22(9-12)4-3-16-13-7-14(18-11-17-13)21-6-5-20(2)15(23)10-21/h7-9,11H,3-6,10H2,1-2H3,(H,16,17,18). The van der Waals surface area contributed by atoms with E-state index in [1.165, 1.54) is 6.33 Å². The van der Waals surface area contributed by atoms with Crippen LogP contribution >= 0.6 is 0 Å². The van der Waals surface area contributed by atoms with E-state index in [0.29, 0.717) is 13.1 Å². The van der Waals surface area contributed by atoms with Gasteiger partial charge in [0, 0.05) is 38.9 Å². The molecule has 0 saturated carbocycles. The lowest BCUT2D eigenvalue weighted by Gasteiger charge is -2.32. The van der Waals surface area contributed by atoms with E-state index in [2.05, 4.69) is 20.4 Å². The highest BCUT2D eigenvalue weighted by Gasteiger charge is 2.22. The Bertz CT molecular complexity index is 684. The molecule has 2 aromatic heterocycles. The fraction of sp³-hybridized carbons (Fsp3) is 0.467. The Labute approximate surface area is 135 Å². The van der Waals surface area contributed by atoms with Crippen molar-refractivity contribution in [3.8, 4) is 0 Å². The molecule has 23 heavy (non-hydrogen) atoms. The first-order valence-electron chi connectivity index (χ1n) is 7.66. The number of aromatic nitrogens is 4. The minimum absolute atomic E-state index is 0.110. The molecule has 122 valence electrons. The summed E-state index contributed by atoms with van der Waals surface area (Å²) in [5.74, 6) is 1.64. The summed E-state index contributed by atoms with van der Waals surface area (Å²) in [6.07, 6.45) is 5.37. The molecule has 0 atom stereocenters. The summed E-state index contributed by atoms with van der Waals surface area (Å²) in [7, 11) is 1.82. The van der Waals surface area contributed by atoms with Gasteiger partial charge in [0.15, 0.2) is 0 Å². The number of aryl methyl sites for hydroxylation is 1. The molecule has 8 nitrogen and oxygen atoms in total. The zero-order chi connectivity index (χ0) is 16.2. The van der Waals surface area contributed by atoms with Crippen LogP contribution in [0.1, 0.15) is 5.56 Å². The van der Waals surface area contributed by atoms with Crippen LogP contribution in [0, 0.1) is 6.92 Å². The van der Waals surface area contributed by atoms with E-state index in [9.17, 15) is 4.79 Å². The predicted molar refractivity (Wildman–Crippen MR) is 87.3 cm³/mol. The third-order valence-corrected chi connectivity index (χ3v) is 3.84. The van der Waals surface area contributed by atoms with Gasteiger partial charge in [-0.25, -0.2) is 9.97 Å². The lowest BCUT2D eigenvalue weighted by Crippen LogP contribution is -2.48. The Morgan fingerprint density at radius 3 is 2.91 bits per heavy atom. The largest absolute Gasteiger partial charge is 0.368 e. The summed E-state index contributed by atoms with van der Waals surface area (Å²) in [6, 6.07) is 1.88. The molecule has 3 heterocycles. The lowest BCUT2D eigenvalue weighted by atomic mass is 10.3. The van der Waals surface area contributed by atoms with Crippen molar-refractivity contribution in [2.75, 3.05) is 43.4 Å². The molecule has 1 amide bonds. The van der Waals surface area contributed by atoms with Crippen molar-refractivity contribution in [1.82, 2.24) is 24.6 Å². The van der Waals surface area contributed by atoms with Crippen LogP contribution in [-0.2, 0) is 11.3 Å². The van der Waals surface area contributed by atoms with Gasteiger partial charge < -0.3 is 15.1 Å². The molecule has 1 saturated heterocycles. The number of rotatable bonds is 5. The third-order valence-electron chi connectivity index (χ3n) is 3.84. The van der Waals surface area contributed by atoms with E-state index < -0.39 is 0 Å². The van der Waals surface area contributed by atoms with Gasteiger partial charge in [-0.15, -0.1) is 0 Å². The van der Waals surface area contributed by atoms with E-state index >= 15 is 0 Å². The molecule has 8 heteroatoms. The summed E-state index contributed by atoms with van der Waals surface area (Å²) in [5.41, 5.74) is 1.15. The van der Waals surface area contributed by atoms with Crippen LogP contribution in [0.4, 0.5) is 11.6 Å². The normalized spacial score (nSPS) is 15.1. The second-order valence-electron chi connectivity index (χ2n) is 5.71. The number of hydrogen-bond donors (Lipinski definition) is 1. The molecule has 1 aliphatic heterocycles. The summed E-state index contributed by atoms with van der Waals surface area (Å²) in [6.45, 7) is 5.36. The van der Waals surface area contributed by atoms with Crippen LogP contribution in [-0.4, -0.2) is 63.8 Å². The van der Waals surface area contributed by atoms with Gasteiger partial charge in [0.1, 0.15) is 18.0 Å². The van der Waals surface area contributed by atoms with Crippen molar-refractivity contribution in [1.29, 1.82) is 0 Å². The maximum atomic E-state index is 11.8. The molecule has 0 radical (unpaired) electrons. The number of carbonyl (C=O) groups is 1. The molecular formula is C15H21N7O. The van der Waals surface area contributed by atoms with E-state index in [4.69, 9.17) is 0 Å². The van der Waals surface area contributed by atoms with Crippen molar-refractivity contribution in [3.05, 3.63) is 30.4 Å². The molecule has 1 N–H and O–H groups in total. The van der Waals surface area contributed by atoms with Crippen LogP contribution in [0.15, 0.2) is 24.8 Å². The Morgan fingerprint density at radius 1 is 1.30 bits per heavy atom. The number of hydrogen-bond acceptors (Lipinski definition) is 6. The lowest BCUT2D eigenvalue weighted by molar-refractivity contribution is -0.129. The topological polar surface area (TPSA) is 79.2 Å². The second kappa shape index (κ2) is 6.64. The van der Waals surface area contributed by atoms with Gasteiger partial charge in [0.2, 0.25) is 5.91 Å². The summed E-state index contributed by atoms with van der Waals surface area (Å²) in [4.78, 5) is 24.0. The van der Waals surface area contributed by atoms with Gasteiger partial charge >= 0.3 is 0 Å². The molecule has 1 fully saturated rings. The predicted octanol–water partition coefficient (Wildman–Crippen LogP) is 0.372. The van der Waals surface area contributed by atoms with Crippen molar-refractivity contribution in [2.24, 2.45) is 0 Å². The number of likely N-dealkylation sites (N-methyl/N-ethyl adjacent to an activating group) is 1. The molecule has 2 aromatic rings. The molecular weight excluding hydrogens is 294 g/mol. The number of piperazine rings is 1. The van der Waals surface area contributed by atoms with Crippen molar-refractivity contribution < 1.29 is 4.79 Å². The minimum Gasteiger partial charge on any atom is -0.368 e. The zero-order valence-electron chi connectivity index (χ0n) is 13.4. The number of carbonyl (C=O) groups excluding carboxylic acids is 1. The maximum absolute atomic E-state index is 11.8. The van der Waals surface area contributed by atoms with E-state index in [1.807, 2.05) is 42.0 Å². The van der Waals surface area contributed by atoms with Crippen LogP contribution < -0.4 is 10.2 Å². The number of anilines is 2. The summed E-state index contributed by atoms with van der Waals surface area (Å²) in [5, 5.41) is 7.51. The van der Waals surface area contributed by atoms with E-state index in [1.54, 1.807) is 4.90 Å². The third kappa shape index (κ3) is 3.77. The second-order valence-corrected chi connectivity index (χ2v) is 5.71. The Morgan fingerprint density at radius 2 is 2.17 bits per heavy atom. The van der Waals surface area contributed by atoms with Gasteiger partial charge in [-0.2, -0.15) is 5.10 Å². The van der Waals surface area contributed by atoms with Crippen molar-refractivity contribution in [3.63, 3.8) is 0 Å². The highest BCUT2D eigenvalue weighted by atomic mass is 16.2. The number of nitrogens with one attached hydrogen (secondary N) is 1. The Hall–Kier alpha value is -2.64. The Balaban J connectivity index is 1.58. The van der Waals surface area contributed by atoms with Crippen molar-refractivity contribution >= 4 is 17.5 Å². The highest BCUT2D eigenvalue weighted by Crippen LogP contribution is 2.16. The quantitative estimate of drug-likeness (QED) is 0.859. The number of nitrogens with zero attached hydrogens (tertiary/aromatic N) is 6. The molecule has 0 unspecified atom stereocenters. The average Bonchev–Trinajstić information content (AvgIpc) is 2.96. The van der Waals surface area contributed by atoms with Crippen LogP contribution in [0.25, 0.3) is 0 Å². The monoisotopic (exact) mass is 315 g/mol. The van der Waals surface area contributed by atoms with Gasteiger partial charge in [-0.3, -0.25) is 9.48 Å². The van der Waals surface area contributed by atoms with Gasteiger partial charge in [-0.05, 0) is 12.5 Å². The number of amides is 1. The summed E-state index contributed by atoms with van der Waals surface area (Å²) >= 11 is 0. The maximum Gasteiger partial charge on any atom is 0.241 e. The average molecular weight is 315 g/mol. The van der Waals surface area contributed by atoms with Crippen LogP contribution in [0.3, 0.4) is 0 Å². The van der Waals surface area contributed by atoms with E-state index in [0.717, 1.165) is 36.8 Å². The molecule has 0 aliphatic carbocycles. The van der Waals surface area contributed by atoms with Crippen LogP contribution in [0.2, 0.25) is 0 Å². The van der Waals surface area contributed by atoms with Crippen LogP contribution in [0.5, 0.6) is 0 Å².